The molecule has 1 aromatic rings. The highest BCUT2D eigenvalue weighted by atomic mass is 16.1. The molecule has 0 spiro atoms. The van der Waals surface area contributed by atoms with Crippen molar-refractivity contribution in [3.05, 3.63) is 30.4 Å². The summed E-state index contributed by atoms with van der Waals surface area (Å²) in [5.41, 5.74) is 5.68. The molecule has 1 amide bonds. The van der Waals surface area contributed by atoms with Gasteiger partial charge in [0.1, 0.15) is 5.69 Å². The second-order valence-electron chi connectivity index (χ2n) is 2.38. The molecule has 0 unspecified atom stereocenters. The van der Waals surface area contributed by atoms with Crippen LogP contribution < -0.4 is 11.1 Å². The molecule has 0 atom stereocenters. The highest BCUT2D eigenvalue weighted by molar-refractivity contribution is 5.91. The SMILES string of the molecule is NC/C=C/CNC(=O)c1cnc[nH]1. The van der Waals surface area contributed by atoms with Gasteiger partial charge in [-0.05, 0) is 0 Å². The molecule has 1 aromatic heterocycles. The van der Waals surface area contributed by atoms with Gasteiger partial charge in [0.2, 0.25) is 0 Å². The third-order valence-electron chi connectivity index (χ3n) is 1.43. The monoisotopic (exact) mass is 180 g/mol. The van der Waals surface area contributed by atoms with Crippen molar-refractivity contribution >= 4 is 5.91 Å². The van der Waals surface area contributed by atoms with Gasteiger partial charge in [-0.1, -0.05) is 12.2 Å². The van der Waals surface area contributed by atoms with Crippen molar-refractivity contribution in [1.82, 2.24) is 15.3 Å². The van der Waals surface area contributed by atoms with Crippen molar-refractivity contribution in [2.24, 2.45) is 5.73 Å². The fourth-order valence-corrected chi connectivity index (χ4v) is 0.806. The van der Waals surface area contributed by atoms with Crippen LogP contribution in [0.4, 0.5) is 0 Å². The van der Waals surface area contributed by atoms with Gasteiger partial charge in [0.05, 0.1) is 12.5 Å². The molecule has 4 N–H and O–H groups in total. The summed E-state index contributed by atoms with van der Waals surface area (Å²) in [6.45, 7) is 0.967. The number of rotatable bonds is 4. The average molecular weight is 180 g/mol. The summed E-state index contributed by atoms with van der Waals surface area (Å²) >= 11 is 0. The van der Waals surface area contributed by atoms with Crippen molar-refractivity contribution in [3.63, 3.8) is 0 Å². The molecule has 5 heteroatoms. The van der Waals surface area contributed by atoms with Crippen LogP contribution >= 0.6 is 0 Å². The minimum Gasteiger partial charge on any atom is -0.347 e. The molecule has 0 saturated heterocycles. The Hall–Kier alpha value is -1.62. The van der Waals surface area contributed by atoms with Crippen LogP contribution in [0, 0.1) is 0 Å². The standard InChI is InChI=1S/C8H12N4O/c9-3-1-2-4-11-8(13)7-5-10-6-12-7/h1-2,5-6H,3-4,9H2,(H,10,12)(H,11,13)/b2-1+. The van der Waals surface area contributed by atoms with Crippen molar-refractivity contribution in [1.29, 1.82) is 0 Å². The number of carbonyl (C=O) groups excluding carboxylic acids is 1. The van der Waals surface area contributed by atoms with Crippen LogP contribution in [0.1, 0.15) is 10.5 Å². The van der Waals surface area contributed by atoms with Gasteiger partial charge < -0.3 is 16.0 Å². The number of amides is 1. The Balaban J connectivity index is 2.31. The summed E-state index contributed by atoms with van der Waals surface area (Å²) in [4.78, 5) is 17.7. The maximum Gasteiger partial charge on any atom is 0.269 e. The third-order valence-corrected chi connectivity index (χ3v) is 1.43. The summed E-state index contributed by atoms with van der Waals surface area (Å²) < 4.78 is 0. The minimum atomic E-state index is -0.167. The van der Waals surface area contributed by atoms with Crippen molar-refractivity contribution in [3.8, 4) is 0 Å². The van der Waals surface area contributed by atoms with Gasteiger partial charge in [0.15, 0.2) is 0 Å². The summed E-state index contributed by atoms with van der Waals surface area (Å²) in [5, 5.41) is 2.67. The predicted octanol–water partition coefficient (Wildman–Crippen LogP) is -0.346. The first-order valence-electron chi connectivity index (χ1n) is 3.96. The Bertz CT molecular complexity index is 278. The molecule has 0 aliphatic carbocycles. The van der Waals surface area contributed by atoms with Gasteiger partial charge in [-0.2, -0.15) is 0 Å². The largest absolute Gasteiger partial charge is 0.347 e. The van der Waals surface area contributed by atoms with Gasteiger partial charge in [0.25, 0.3) is 5.91 Å². The summed E-state index contributed by atoms with van der Waals surface area (Å²) in [6.07, 6.45) is 6.52. The number of hydrogen-bond donors (Lipinski definition) is 3. The fraction of sp³-hybridized carbons (Fsp3) is 0.250. The molecular formula is C8H12N4O. The Morgan fingerprint density at radius 3 is 3.15 bits per heavy atom. The molecule has 70 valence electrons. The zero-order chi connectivity index (χ0) is 9.52. The van der Waals surface area contributed by atoms with Crippen LogP contribution in [-0.2, 0) is 0 Å². The summed E-state index contributed by atoms with van der Waals surface area (Å²) in [7, 11) is 0. The van der Waals surface area contributed by atoms with E-state index >= 15 is 0 Å². The van der Waals surface area contributed by atoms with E-state index in [0.717, 1.165) is 0 Å². The van der Waals surface area contributed by atoms with Crippen LogP contribution in [0.3, 0.4) is 0 Å². The van der Waals surface area contributed by atoms with E-state index in [9.17, 15) is 4.79 Å². The van der Waals surface area contributed by atoms with E-state index in [2.05, 4.69) is 15.3 Å². The molecule has 0 aromatic carbocycles. The smallest absolute Gasteiger partial charge is 0.269 e. The van der Waals surface area contributed by atoms with Crippen LogP contribution in [-0.4, -0.2) is 29.0 Å². The number of aromatic nitrogens is 2. The number of imidazole rings is 1. The van der Waals surface area contributed by atoms with Gasteiger partial charge in [-0.15, -0.1) is 0 Å². The number of H-pyrrole nitrogens is 1. The molecule has 0 fully saturated rings. The zero-order valence-corrected chi connectivity index (χ0v) is 7.16. The van der Waals surface area contributed by atoms with E-state index in [1.165, 1.54) is 12.5 Å². The van der Waals surface area contributed by atoms with E-state index in [0.29, 0.717) is 18.8 Å². The van der Waals surface area contributed by atoms with Crippen molar-refractivity contribution in [2.45, 2.75) is 0 Å². The fourth-order valence-electron chi connectivity index (χ4n) is 0.806. The second kappa shape index (κ2) is 5.10. The first-order valence-corrected chi connectivity index (χ1v) is 3.96. The van der Waals surface area contributed by atoms with Crippen LogP contribution in [0.15, 0.2) is 24.7 Å². The number of nitrogens with two attached hydrogens (primary N) is 1. The zero-order valence-electron chi connectivity index (χ0n) is 7.16. The summed E-state index contributed by atoms with van der Waals surface area (Å²) in [5.74, 6) is -0.167. The highest BCUT2D eigenvalue weighted by Gasteiger charge is 2.03. The lowest BCUT2D eigenvalue weighted by molar-refractivity contribution is 0.0953. The number of nitrogens with zero attached hydrogens (tertiary/aromatic N) is 1. The van der Waals surface area contributed by atoms with E-state index in [1.807, 2.05) is 0 Å². The Morgan fingerprint density at radius 2 is 2.54 bits per heavy atom. The van der Waals surface area contributed by atoms with Crippen LogP contribution in [0.5, 0.6) is 0 Å². The molecule has 0 saturated carbocycles. The quantitative estimate of drug-likeness (QED) is 0.554. The van der Waals surface area contributed by atoms with Gasteiger partial charge in [-0.25, -0.2) is 4.98 Å². The number of aromatic amines is 1. The minimum absolute atomic E-state index is 0.167. The second-order valence-corrected chi connectivity index (χ2v) is 2.38. The average Bonchev–Trinajstić information content (AvgIpc) is 2.65. The highest BCUT2D eigenvalue weighted by Crippen LogP contribution is 1.89. The molecular weight excluding hydrogens is 168 g/mol. The lowest BCUT2D eigenvalue weighted by Crippen LogP contribution is -2.23. The number of carbonyl (C=O) groups is 1. The molecule has 1 rings (SSSR count). The normalized spacial score (nSPS) is 10.5. The molecule has 0 radical (unpaired) electrons. The van der Waals surface area contributed by atoms with Crippen molar-refractivity contribution in [2.75, 3.05) is 13.1 Å². The van der Waals surface area contributed by atoms with Crippen LogP contribution in [0.25, 0.3) is 0 Å². The lowest BCUT2D eigenvalue weighted by Gasteiger charge is -1.97. The van der Waals surface area contributed by atoms with E-state index < -0.39 is 0 Å². The van der Waals surface area contributed by atoms with Gasteiger partial charge in [0, 0.05) is 13.1 Å². The molecule has 13 heavy (non-hydrogen) atoms. The van der Waals surface area contributed by atoms with E-state index in [-0.39, 0.29) is 5.91 Å². The van der Waals surface area contributed by atoms with Gasteiger partial charge >= 0.3 is 0 Å². The predicted molar refractivity (Wildman–Crippen MR) is 49.1 cm³/mol. The molecule has 0 aliphatic rings. The topological polar surface area (TPSA) is 83.8 Å². The first kappa shape index (κ1) is 9.47. The Morgan fingerprint density at radius 1 is 1.69 bits per heavy atom. The number of nitrogens with one attached hydrogen (secondary N) is 2. The molecule has 0 bridgehead atoms. The van der Waals surface area contributed by atoms with E-state index in [1.54, 1.807) is 12.2 Å². The molecule has 0 aliphatic heterocycles. The van der Waals surface area contributed by atoms with Gasteiger partial charge in [-0.3, -0.25) is 4.79 Å². The molecule has 5 nitrogen and oxygen atoms in total. The van der Waals surface area contributed by atoms with Crippen LogP contribution in [0.2, 0.25) is 0 Å². The Labute approximate surface area is 76.0 Å². The number of hydrogen-bond acceptors (Lipinski definition) is 3. The van der Waals surface area contributed by atoms with Crippen molar-refractivity contribution < 1.29 is 4.79 Å². The summed E-state index contributed by atoms with van der Waals surface area (Å²) in [6, 6.07) is 0. The lowest BCUT2D eigenvalue weighted by atomic mass is 10.4. The molecule has 1 heterocycles. The van der Waals surface area contributed by atoms with E-state index in [4.69, 9.17) is 5.73 Å². The third kappa shape index (κ3) is 3.08. The maximum atomic E-state index is 11.2. The Kier molecular flexibility index (Phi) is 3.72. The first-order chi connectivity index (χ1) is 6.34. The maximum absolute atomic E-state index is 11.2.